The maximum absolute atomic E-state index is 8.74. The Bertz CT molecular complexity index is 248. The summed E-state index contributed by atoms with van der Waals surface area (Å²) in [7, 11) is -6.03. The number of hydrazine groups is 2. The quantitative estimate of drug-likeness (QED) is 0.126. The fourth-order valence-electron chi connectivity index (χ4n) is 0. The highest BCUT2D eigenvalue weighted by Gasteiger charge is 1.85. The van der Waals surface area contributed by atoms with Gasteiger partial charge in [-0.15, -0.1) is 0 Å². The molecule has 104 valence electrons. The molecule has 0 saturated heterocycles. The lowest BCUT2D eigenvalue weighted by atomic mass is 11.5. The van der Waals surface area contributed by atoms with Gasteiger partial charge in [0.15, 0.2) is 0 Å². The Balaban J connectivity index is -0.0000000621. The Labute approximate surface area is 93.1 Å². The third-order valence-corrected chi connectivity index (χ3v) is 0. The summed E-state index contributed by atoms with van der Waals surface area (Å²) >= 11 is 0. The Morgan fingerprint density at radius 3 is 0.750 bits per heavy atom. The summed E-state index contributed by atoms with van der Waals surface area (Å²) in [5.74, 6) is 9.19. The average molecular weight is 288 g/mol. The molecule has 14 heteroatoms. The van der Waals surface area contributed by atoms with E-state index in [4.69, 9.17) is 35.0 Å². The molecule has 0 atom stereocenters. The predicted octanol–water partition coefficient (Wildman–Crippen LogP) is -3.15. The molecule has 0 bridgehead atoms. The van der Waals surface area contributed by atoms with Crippen molar-refractivity contribution in [3.05, 3.63) is 0 Å². The van der Waals surface area contributed by atoms with Crippen molar-refractivity contribution in [3.8, 4) is 0 Å². The van der Waals surface area contributed by atoms with Crippen molar-refractivity contribution in [1.29, 1.82) is 0 Å². The van der Waals surface area contributed by atoms with E-state index in [2.05, 4.69) is 22.5 Å². The zero-order valence-electron chi connectivity index (χ0n) is 8.39. The molecule has 12 nitrogen and oxygen atoms in total. The van der Waals surface area contributed by atoms with Gasteiger partial charge in [-0.3, -0.25) is 40.7 Å². The predicted molar refractivity (Wildman–Crippen MR) is 54.8 cm³/mol. The van der Waals surface area contributed by atoms with Crippen LogP contribution in [-0.2, 0) is 20.8 Å². The van der Waals surface area contributed by atoms with E-state index in [0.29, 0.717) is 0 Å². The number of rotatable bonds is 0. The fraction of sp³-hybridized carbons (Fsp3) is 1.00. The van der Waals surface area contributed by atoms with Gasteiger partial charge in [-0.05, 0) is 14.1 Å². The van der Waals surface area contributed by atoms with Crippen LogP contribution >= 0.6 is 0 Å². The zero-order valence-corrected chi connectivity index (χ0v) is 10.0. The van der Waals surface area contributed by atoms with Crippen LogP contribution in [0.2, 0.25) is 0 Å². The second-order valence-corrected chi connectivity index (χ2v) is 3.26. The summed E-state index contributed by atoms with van der Waals surface area (Å²) < 4.78 is 63.2. The lowest BCUT2D eigenvalue weighted by Crippen LogP contribution is -2.13. The van der Waals surface area contributed by atoms with Gasteiger partial charge in [0, 0.05) is 0 Å². The summed E-state index contributed by atoms with van der Waals surface area (Å²) in [5, 5.41) is 0. The first-order valence-corrected chi connectivity index (χ1v) is 5.77. The van der Waals surface area contributed by atoms with Gasteiger partial charge in [0.25, 0.3) is 0 Å². The van der Waals surface area contributed by atoms with E-state index < -0.39 is 20.8 Å². The lowest BCUT2D eigenvalue weighted by Gasteiger charge is -1.68. The monoisotopic (exact) mass is 288 g/mol. The second kappa shape index (κ2) is 14.6. The maximum atomic E-state index is 8.74. The molecule has 0 saturated carbocycles. The number of hydrogen-bond acceptors (Lipinski definition) is 8. The molecule has 0 fully saturated rings. The van der Waals surface area contributed by atoms with Gasteiger partial charge >= 0.3 is 20.8 Å². The minimum absolute atomic E-state index is 1.65. The minimum atomic E-state index is -4.67. The Kier molecular flexibility index (Phi) is 22.5. The number of hydrogen-bond donors (Lipinski definition) is 8. The van der Waals surface area contributed by atoms with Crippen LogP contribution in [0, 0.1) is 0 Å². The van der Waals surface area contributed by atoms with Gasteiger partial charge in [0.1, 0.15) is 0 Å². The van der Waals surface area contributed by atoms with E-state index in [9.17, 15) is 0 Å². The number of nitrogens with two attached hydrogens (primary N) is 2. The van der Waals surface area contributed by atoms with E-state index in [1.54, 1.807) is 14.1 Å². The molecule has 0 rings (SSSR count). The molecule has 0 aromatic carbocycles. The van der Waals surface area contributed by atoms with E-state index >= 15 is 0 Å². The third-order valence-electron chi connectivity index (χ3n) is 0. The van der Waals surface area contributed by atoms with Crippen molar-refractivity contribution >= 4 is 20.8 Å². The van der Waals surface area contributed by atoms with Gasteiger partial charge in [-0.1, -0.05) is 0 Å². The van der Waals surface area contributed by atoms with Gasteiger partial charge in [-0.2, -0.15) is 16.8 Å². The molecular weight excluding hydrogens is 272 g/mol. The van der Waals surface area contributed by atoms with Crippen LogP contribution in [0.4, 0.5) is 0 Å². The number of nitrogens with one attached hydrogen (secondary N) is 2. The second-order valence-electron chi connectivity index (χ2n) is 1.47. The maximum Gasteiger partial charge on any atom is 0.394 e. The highest BCUT2D eigenvalue weighted by molar-refractivity contribution is 7.80. The minimum Gasteiger partial charge on any atom is -0.272 e. The van der Waals surface area contributed by atoms with Crippen molar-refractivity contribution in [2.24, 2.45) is 11.7 Å². The molecule has 0 amide bonds. The van der Waals surface area contributed by atoms with Crippen LogP contribution in [0.15, 0.2) is 0 Å². The first-order chi connectivity index (χ1) is 6.83. The van der Waals surface area contributed by atoms with E-state index in [0.717, 1.165) is 0 Å². The molecule has 0 aliphatic rings. The highest BCUT2D eigenvalue weighted by Crippen LogP contribution is 1.59. The van der Waals surface area contributed by atoms with E-state index in [1.807, 2.05) is 0 Å². The van der Waals surface area contributed by atoms with Crippen LogP contribution in [-0.4, -0.2) is 49.1 Å². The summed E-state index contributed by atoms with van der Waals surface area (Å²) in [5.41, 5.74) is 4.50. The molecule has 0 aromatic heterocycles. The largest absolute Gasteiger partial charge is 0.394 e. The molecule has 0 aliphatic carbocycles. The standard InChI is InChI=1S/2CH6N2.2H2O4S/c2*1-3-2;2*1-5(2,3)4/h2*3H,2H2,1H3;2*(H2,1,2,3,4). The first kappa shape index (κ1) is 24.7. The lowest BCUT2D eigenvalue weighted by molar-refractivity contribution is 0.378. The molecule has 0 aliphatic heterocycles. The van der Waals surface area contributed by atoms with Crippen LogP contribution < -0.4 is 22.5 Å². The third kappa shape index (κ3) is 12200. The van der Waals surface area contributed by atoms with Crippen molar-refractivity contribution in [3.63, 3.8) is 0 Å². The Morgan fingerprint density at radius 2 is 0.750 bits per heavy atom. The topological polar surface area (TPSA) is 225 Å². The average Bonchev–Trinajstić information content (AvgIpc) is 1.79. The van der Waals surface area contributed by atoms with Gasteiger partial charge in [0.05, 0.1) is 0 Å². The van der Waals surface area contributed by atoms with E-state index in [-0.39, 0.29) is 0 Å². The Hall–Kier alpha value is -0.420. The Morgan fingerprint density at radius 1 is 0.750 bits per heavy atom. The molecule has 0 heterocycles. The summed E-state index contributed by atoms with van der Waals surface area (Å²) in [6.07, 6.45) is 0. The molecule has 0 radical (unpaired) electrons. The van der Waals surface area contributed by atoms with Crippen molar-refractivity contribution < 1.29 is 35.0 Å². The fourth-order valence-corrected chi connectivity index (χ4v) is 0. The summed E-state index contributed by atoms with van der Waals surface area (Å²) in [4.78, 5) is 0. The first-order valence-electron chi connectivity index (χ1n) is 2.97. The van der Waals surface area contributed by atoms with Crippen LogP contribution in [0.3, 0.4) is 0 Å². The molecule has 0 spiro atoms. The highest BCUT2D eigenvalue weighted by atomic mass is 32.3. The van der Waals surface area contributed by atoms with Crippen molar-refractivity contribution in [2.45, 2.75) is 0 Å². The van der Waals surface area contributed by atoms with Crippen molar-refractivity contribution in [1.82, 2.24) is 10.9 Å². The van der Waals surface area contributed by atoms with Gasteiger partial charge < -0.3 is 0 Å². The normalized spacial score (nSPS) is 9.50. The molecular formula is C2H16N4O8S2. The van der Waals surface area contributed by atoms with Crippen molar-refractivity contribution in [2.75, 3.05) is 14.1 Å². The van der Waals surface area contributed by atoms with E-state index in [1.165, 1.54) is 0 Å². The van der Waals surface area contributed by atoms with Gasteiger partial charge in [-0.25, -0.2) is 0 Å². The van der Waals surface area contributed by atoms with Gasteiger partial charge in [0.2, 0.25) is 0 Å². The van der Waals surface area contributed by atoms with Crippen LogP contribution in [0.25, 0.3) is 0 Å². The molecule has 10 N–H and O–H groups in total. The smallest absolute Gasteiger partial charge is 0.272 e. The summed E-state index contributed by atoms with van der Waals surface area (Å²) in [6, 6.07) is 0. The molecule has 0 aromatic rings. The molecule has 16 heavy (non-hydrogen) atoms. The SMILES string of the molecule is CNN.CNN.O=S(=O)(O)O.O=S(=O)(O)O. The molecule has 0 unspecified atom stereocenters. The van der Waals surface area contributed by atoms with Crippen LogP contribution in [0.5, 0.6) is 0 Å². The summed E-state index contributed by atoms with van der Waals surface area (Å²) in [6.45, 7) is 0. The zero-order chi connectivity index (χ0) is 14.4. The van der Waals surface area contributed by atoms with Crippen LogP contribution in [0.1, 0.15) is 0 Å².